The van der Waals surface area contributed by atoms with Crippen LogP contribution in [0.15, 0.2) is 17.1 Å². The molecule has 0 atom stereocenters. The Morgan fingerprint density at radius 1 is 1.62 bits per heavy atom. The number of amidine groups is 1. The second-order valence-corrected chi connectivity index (χ2v) is 3.42. The summed E-state index contributed by atoms with van der Waals surface area (Å²) in [5.41, 5.74) is 4.67. The number of aliphatic imine (C=N–C) groups is 1. The number of nitro benzene ring substituents is 1. The van der Waals surface area contributed by atoms with Crippen LogP contribution in [0.25, 0.3) is 0 Å². The fraction of sp³-hybridized carbons (Fsp3) is 0.125. The third-order valence-corrected chi connectivity index (χ3v) is 2.18. The summed E-state index contributed by atoms with van der Waals surface area (Å²) in [6.45, 7) is 0. The van der Waals surface area contributed by atoms with Gasteiger partial charge in [-0.2, -0.15) is 0 Å². The first kappa shape index (κ1) is 12.7. The molecule has 5 nitrogen and oxygen atoms in total. The Morgan fingerprint density at radius 2 is 2.25 bits per heavy atom. The lowest BCUT2D eigenvalue weighted by molar-refractivity contribution is -0.384. The monoisotopic (exact) mass is 265 g/mol. The van der Waals surface area contributed by atoms with Gasteiger partial charge in [0.05, 0.1) is 21.9 Å². The molecule has 0 unspecified atom stereocenters. The number of nitrogens with two attached hydrogens (primary N) is 1. The lowest BCUT2D eigenvalue weighted by Gasteiger charge is -2.00. The van der Waals surface area contributed by atoms with Crippen molar-refractivity contribution < 1.29 is 9.31 Å². The molecule has 0 aliphatic heterocycles. The molecule has 0 saturated heterocycles. The van der Waals surface area contributed by atoms with Gasteiger partial charge in [-0.05, 0) is 6.07 Å². The lowest BCUT2D eigenvalue weighted by Crippen LogP contribution is -2.12. The fourth-order valence-electron chi connectivity index (χ4n) is 0.946. The van der Waals surface area contributed by atoms with Crippen molar-refractivity contribution in [2.45, 2.75) is 0 Å². The van der Waals surface area contributed by atoms with Crippen molar-refractivity contribution in [3.05, 3.63) is 33.1 Å². The van der Waals surface area contributed by atoms with Gasteiger partial charge in [0.1, 0.15) is 17.3 Å². The van der Waals surface area contributed by atoms with Crippen LogP contribution < -0.4 is 5.73 Å². The second-order valence-electron chi connectivity index (χ2n) is 2.75. The average Bonchev–Trinajstić information content (AvgIpc) is 2.22. The van der Waals surface area contributed by atoms with E-state index in [0.717, 1.165) is 6.07 Å². The second kappa shape index (κ2) is 5.09. The van der Waals surface area contributed by atoms with Crippen LogP contribution in [0.1, 0.15) is 0 Å². The van der Waals surface area contributed by atoms with Crippen molar-refractivity contribution in [2.24, 2.45) is 10.7 Å². The Kier molecular flexibility index (Phi) is 4.03. The molecule has 0 aliphatic carbocycles. The third-order valence-electron chi connectivity index (χ3n) is 1.62. The Balaban J connectivity index is 3.36. The number of halogens is 3. The van der Waals surface area contributed by atoms with Gasteiger partial charge in [-0.3, -0.25) is 10.1 Å². The minimum atomic E-state index is -0.892. The van der Waals surface area contributed by atoms with Gasteiger partial charge in [-0.1, -0.05) is 11.6 Å². The minimum absolute atomic E-state index is 0.0209. The largest absolute Gasteiger partial charge is 0.386 e. The van der Waals surface area contributed by atoms with Gasteiger partial charge in [-0.15, -0.1) is 11.6 Å². The molecule has 0 aromatic heterocycles. The van der Waals surface area contributed by atoms with Crippen molar-refractivity contribution in [1.82, 2.24) is 0 Å². The van der Waals surface area contributed by atoms with E-state index in [4.69, 9.17) is 28.9 Å². The maximum Gasteiger partial charge on any atom is 0.297 e. The van der Waals surface area contributed by atoms with E-state index in [1.54, 1.807) is 0 Å². The van der Waals surface area contributed by atoms with E-state index in [9.17, 15) is 14.5 Å². The molecule has 0 amide bonds. The first-order valence-electron chi connectivity index (χ1n) is 3.98. The van der Waals surface area contributed by atoms with Gasteiger partial charge in [0.25, 0.3) is 5.69 Å². The summed E-state index contributed by atoms with van der Waals surface area (Å²) in [4.78, 5) is 13.5. The molecule has 0 aliphatic rings. The number of nitro groups is 1. The maximum absolute atomic E-state index is 13.0. The fourth-order valence-corrected chi connectivity index (χ4v) is 1.16. The zero-order chi connectivity index (χ0) is 12.3. The molecule has 8 heteroatoms. The van der Waals surface area contributed by atoms with E-state index in [1.807, 2.05) is 0 Å². The van der Waals surface area contributed by atoms with E-state index in [0.29, 0.717) is 6.07 Å². The number of nitrogens with zero attached hydrogens (tertiary/aromatic N) is 2. The van der Waals surface area contributed by atoms with E-state index < -0.39 is 16.4 Å². The van der Waals surface area contributed by atoms with Crippen LogP contribution in [0.2, 0.25) is 5.02 Å². The summed E-state index contributed by atoms with van der Waals surface area (Å²) in [5, 5.41) is 10.3. The normalized spacial score (nSPS) is 11.6. The van der Waals surface area contributed by atoms with E-state index in [-0.39, 0.29) is 22.4 Å². The van der Waals surface area contributed by atoms with Crippen LogP contribution in [0.3, 0.4) is 0 Å². The molecule has 0 spiro atoms. The van der Waals surface area contributed by atoms with Gasteiger partial charge < -0.3 is 5.73 Å². The van der Waals surface area contributed by atoms with E-state index in [2.05, 4.69) is 4.99 Å². The van der Waals surface area contributed by atoms with Crippen molar-refractivity contribution in [3.63, 3.8) is 0 Å². The summed E-state index contributed by atoms with van der Waals surface area (Å²) in [6.07, 6.45) is 0. The van der Waals surface area contributed by atoms with Gasteiger partial charge in [0, 0.05) is 0 Å². The molecular formula is C8H6Cl2FN3O2. The number of rotatable bonds is 3. The molecule has 1 aromatic rings. The Bertz CT molecular complexity index is 465. The van der Waals surface area contributed by atoms with Crippen molar-refractivity contribution in [1.29, 1.82) is 0 Å². The molecule has 0 radical (unpaired) electrons. The van der Waals surface area contributed by atoms with Crippen molar-refractivity contribution >= 4 is 40.4 Å². The van der Waals surface area contributed by atoms with Crippen LogP contribution in [0.4, 0.5) is 15.8 Å². The SMILES string of the molecule is NC(CCl)=Nc1cc(Cl)c(F)cc1[N+](=O)[O-]. The Labute approximate surface area is 99.8 Å². The number of hydrogen-bond acceptors (Lipinski definition) is 3. The molecule has 0 bridgehead atoms. The highest BCUT2D eigenvalue weighted by molar-refractivity contribution is 6.31. The van der Waals surface area contributed by atoms with Gasteiger partial charge in [0.2, 0.25) is 0 Å². The van der Waals surface area contributed by atoms with Gasteiger partial charge in [0.15, 0.2) is 0 Å². The van der Waals surface area contributed by atoms with Gasteiger partial charge >= 0.3 is 0 Å². The molecular weight excluding hydrogens is 260 g/mol. The van der Waals surface area contributed by atoms with Crippen LogP contribution in [0, 0.1) is 15.9 Å². The van der Waals surface area contributed by atoms with E-state index >= 15 is 0 Å². The number of alkyl halides is 1. The molecule has 16 heavy (non-hydrogen) atoms. The third kappa shape index (κ3) is 2.80. The molecule has 1 rings (SSSR count). The van der Waals surface area contributed by atoms with Gasteiger partial charge in [-0.25, -0.2) is 9.38 Å². The van der Waals surface area contributed by atoms with Crippen LogP contribution >= 0.6 is 23.2 Å². The van der Waals surface area contributed by atoms with Crippen LogP contribution in [0.5, 0.6) is 0 Å². The standard InChI is InChI=1S/C8H6Cl2FN3O2/c9-3-8(12)13-6-1-4(10)5(11)2-7(6)14(15)16/h1-2H,3H2,(H2,12,13). The minimum Gasteiger partial charge on any atom is -0.386 e. The summed E-state index contributed by atoms with van der Waals surface area (Å²) in [5.74, 6) is -1.00. The topological polar surface area (TPSA) is 81.5 Å². The number of hydrogen-bond donors (Lipinski definition) is 1. The molecule has 0 saturated carbocycles. The maximum atomic E-state index is 13.0. The lowest BCUT2D eigenvalue weighted by atomic mass is 10.2. The highest BCUT2D eigenvalue weighted by atomic mass is 35.5. The zero-order valence-electron chi connectivity index (χ0n) is 7.78. The predicted molar refractivity (Wildman–Crippen MR) is 60.1 cm³/mol. The number of benzene rings is 1. The molecule has 86 valence electrons. The smallest absolute Gasteiger partial charge is 0.297 e. The summed E-state index contributed by atoms with van der Waals surface area (Å²) < 4.78 is 13.0. The van der Waals surface area contributed by atoms with E-state index in [1.165, 1.54) is 0 Å². The molecule has 1 aromatic carbocycles. The highest BCUT2D eigenvalue weighted by Crippen LogP contribution is 2.32. The van der Waals surface area contributed by atoms with Crippen molar-refractivity contribution in [2.75, 3.05) is 5.88 Å². The van der Waals surface area contributed by atoms with Crippen LogP contribution in [-0.4, -0.2) is 16.6 Å². The summed E-state index contributed by atoms with van der Waals surface area (Å²) in [7, 11) is 0. The molecule has 2 N–H and O–H groups in total. The van der Waals surface area contributed by atoms with Crippen LogP contribution in [-0.2, 0) is 0 Å². The highest BCUT2D eigenvalue weighted by Gasteiger charge is 2.17. The average molecular weight is 266 g/mol. The first-order valence-corrected chi connectivity index (χ1v) is 4.89. The zero-order valence-corrected chi connectivity index (χ0v) is 9.30. The van der Waals surface area contributed by atoms with Crippen molar-refractivity contribution in [3.8, 4) is 0 Å². The quantitative estimate of drug-likeness (QED) is 0.300. The Morgan fingerprint density at radius 3 is 2.75 bits per heavy atom. The first-order chi connectivity index (χ1) is 7.45. The molecule has 0 heterocycles. The summed E-state index contributed by atoms with van der Waals surface area (Å²) >= 11 is 10.8. The summed E-state index contributed by atoms with van der Waals surface area (Å²) in [6, 6.07) is 1.71. The predicted octanol–water partition coefficient (Wildman–Crippen LogP) is 2.61. The Hall–Kier alpha value is -1.40. The molecule has 0 fully saturated rings.